The maximum Gasteiger partial charge on any atom is 0.411 e. The van der Waals surface area contributed by atoms with Gasteiger partial charge in [-0.15, -0.1) is 0 Å². The summed E-state index contributed by atoms with van der Waals surface area (Å²) in [6.45, 7) is 8.88. The van der Waals surface area contributed by atoms with E-state index in [4.69, 9.17) is 9.47 Å². The molecule has 1 amide bonds. The molecule has 0 aliphatic carbocycles. The number of carbonyl (C=O) groups excluding carboxylic acids is 1. The van der Waals surface area contributed by atoms with Crippen molar-refractivity contribution in [2.75, 3.05) is 13.2 Å². The first-order valence-electron chi connectivity index (χ1n) is 8.20. The van der Waals surface area contributed by atoms with Crippen molar-refractivity contribution in [1.82, 2.24) is 4.90 Å². The van der Waals surface area contributed by atoms with Crippen molar-refractivity contribution in [3.05, 3.63) is 41.5 Å². The summed E-state index contributed by atoms with van der Waals surface area (Å²) in [5, 5.41) is 0. The van der Waals surface area contributed by atoms with Crippen LogP contribution in [0, 0.1) is 6.92 Å². The summed E-state index contributed by atoms with van der Waals surface area (Å²) in [5.41, 5.74) is 3.30. The van der Waals surface area contributed by atoms with Gasteiger partial charge in [0.25, 0.3) is 0 Å². The number of ether oxygens (including phenoxy) is 2. The third-order valence-corrected chi connectivity index (χ3v) is 4.23. The van der Waals surface area contributed by atoms with Crippen LogP contribution in [-0.4, -0.2) is 41.9 Å². The molecule has 124 valence electrons. The lowest BCUT2D eigenvalue weighted by atomic mass is 9.90. The second-order valence-corrected chi connectivity index (χ2v) is 7.41. The highest BCUT2D eigenvalue weighted by Gasteiger charge is 2.40. The third kappa shape index (κ3) is 3.58. The summed E-state index contributed by atoms with van der Waals surface area (Å²) in [6.07, 6.45) is 2.72. The molecule has 2 aliphatic rings. The topological polar surface area (TPSA) is 38.8 Å². The zero-order valence-electron chi connectivity index (χ0n) is 14.3. The van der Waals surface area contributed by atoms with Crippen LogP contribution in [0.4, 0.5) is 4.79 Å². The Morgan fingerprint density at radius 2 is 1.91 bits per heavy atom. The minimum Gasteiger partial charge on any atom is -0.444 e. The number of hydrogen-bond donors (Lipinski definition) is 0. The fourth-order valence-corrected chi connectivity index (χ4v) is 3.18. The van der Waals surface area contributed by atoms with E-state index in [2.05, 4.69) is 37.3 Å². The molecule has 1 aromatic carbocycles. The number of aryl methyl sites for hydroxylation is 1. The lowest BCUT2D eigenvalue weighted by molar-refractivity contribution is -0.0510. The molecule has 0 spiro atoms. The van der Waals surface area contributed by atoms with Gasteiger partial charge in [0.2, 0.25) is 0 Å². The van der Waals surface area contributed by atoms with Crippen molar-refractivity contribution in [2.45, 2.75) is 51.8 Å². The highest BCUT2D eigenvalue weighted by atomic mass is 16.6. The Kier molecular flexibility index (Phi) is 4.19. The number of benzene rings is 1. The Morgan fingerprint density at radius 1 is 1.22 bits per heavy atom. The molecule has 0 aromatic heterocycles. The van der Waals surface area contributed by atoms with Gasteiger partial charge in [0, 0.05) is 0 Å². The van der Waals surface area contributed by atoms with Gasteiger partial charge in [0.05, 0.1) is 25.3 Å². The van der Waals surface area contributed by atoms with E-state index in [-0.39, 0.29) is 18.2 Å². The van der Waals surface area contributed by atoms with Crippen LogP contribution in [0.5, 0.6) is 0 Å². The van der Waals surface area contributed by atoms with Crippen LogP contribution in [0.1, 0.15) is 38.3 Å². The zero-order valence-corrected chi connectivity index (χ0v) is 14.3. The van der Waals surface area contributed by atoms with Crippen molar-refractivity contribution in [3.8, 4) is 0 Å². The highest BCUT2D eigenvalue weighted by molar-refractivity contribution is 5.74. The van der Waals surface area contributed by atoms with E-state index in [1.807, 2.05) is 25.7 Å². The maximum atomic E-state index is 12.5. The van der Waals surface area contributed by atoms with E-state index in [0.29, 0.717) is 13.2 Å². The summed E-state index contributed by atoms with van der Waals surface area (Å²) < 4.78 is 11.2. The minimum atomic E-state index is -0.479. The fourth-order valence-electron chi connectivity index (χ4n) is 3.18. The van der Waals surface area contributed by atoms with Gasteiger partial charge in [-0.3, -0.25) is 4.90 Å². The molecule has 1 aromatic rings. The van der Waals surface area contributed by atoms with E-state index < -0.39 is 5.60 Å². The molecule has 2 bridgehead atoms. The molecule has 23 heavy (non-hydrogen) atoms. The van der Waals surface area contributed by atoms with Crippen molar-refractivity contribution < 1.29 is 14.3 Å². The molecule has 4 nitrogen and oxygen atoms in total. The van der Waals surface area contributed by atoms with E-state index in [1.54, 1.807) is 0 Å². The molecule has 4 heteroatoms. The lowest BCUT2D eigenvalue weighted by Crippen LogP contribution is -2.57. The van der Waals surface area contributed by atoms with Crippen molar-refractivity contribution >= 4 is 11.7 Å². The predicted molar refractivity (Wildman–Crippen MR) is 90.2 cm³/mol. The van der Waals surface area contributed by atoms with E-state index in [1.165, 1.54) is 16.7 Å². The fraction of sp³-hybridized carbons (Fsp3) is 0.526. The second-order valence-electron chi connectivity index (χ2n) is 7.41. The molecule has 0 saturated carbocycles. The molecule has 2 aliphatic heterocycles. The molecule has 2 heterocycles. The molecular weight excluding hydrogens is 290 g/mol. The average molecular weight is 315 g/mol. The number of rotatable bonds is 1. The molecular formula is C19H25NO3. The molecule has 2 atom stereocenters. The average Bonchev–Trinajstić information content (AvgIpc) is 2.44. The lowest BCUT2D eigenvalue weighted by Gasteiger charge is -2.44. The molecule has 0 N–H and O–H groups in total. The molecule has 1 fully saturated rings. The first kappa shape index (κ1) is 16.1. The number of amides is 1. The largest absolute Gasteiger partial charge is 0.444 e. The Morgan fingerprint density at radius 3 is 2.52 bits per heavy atom. The first-order chi connectivity index (χ1) is 10.8. The predicted octanol–water partition coefficient (Wildman–Crippen LogP) is 3.79. The quantitative estimate of drug-likeness (QED) is 0.791. The smallest absolute Gasteiger partial charge is 0.411 e. The summed E-state index contributed by atoms with van der Waals surface area (Å²) >= 11 is 0. The summed E-state index contributed by atoms with van der Waals surface area (Å²) in [5.74, 6) is 0. The highest BCUT2D eigenvalue weighted by Crippen LogP contribution is 2.33. The van der Waals surface area contributed by atoms with Crippen LogP contribution in [0.2, 0.25) is 0 Å². The van der Waals surface area contributed by atoms with Gasteiger partial charge in [-0.1, -0.05) is 35.9 Å². The Labute approximate surface area is 138 Å². The second kappa shape index (κ2) is 6.00. The maximum absolute atomic E-state index is 12.5. The number of morpholine rings is 1. The van der Waals surface area contributed by atoms with Crippen LogP contribution in [0.25, 0.3) is 5.57 Å². The normalized spacial score (nSPS) is 24.2. The van der Waals surface area contributed by atoms with Crippen LogP contribution in [0.3, 0.4) is 0 Å². The van der Waals surface area contributed by atoms with E-state index in [0.717, 1.165) is 6.42 Å². The van der Waals surface area contributed by atoms with Crippen LogP contribution < -0.4 is 0 Å². The minimum absolute atomic E-state index is 0.0462. The van der Waals surface area contributed by atoms with Crippen LogP contribution in [0.15, 0.2) is 30.3 Å². The van der Waals surface area contributed by atoms with E-state index in [9.17, 15) is 4.79 Å². The van der Waals surface area contributed by atoms with Gasteiger partial charge in [-0.2, -0.15) is 0 Å². The first-order valence-corrected chi connectivity index (χ1v) is 8.20. The van der Waals surface area contributed by atoms with Gasteiger partial charge < -0.3 is 9.47 Å². The number of carbonyl (C=O) groups is 1. The van der Waals surface area contributed by atoms with Gasteiger partial charge in [0.1, 0.15) is 5.60 Å². The molecule has 2 unspecified atom stereocenters. The summed E-state index contributed by atoms with van der Waals surface area (Å²) in [6, 6.07) is 8.56. The monoisotopic (exact) mass is 315 g/mol. The van der Waals surface area contributed by atoms with Crippen molar-refractivity contribution in [1.29, 1.82) is 0 Å². The van der Waals surface area contributed by atoms with Gasteiger partial charge in [-0.05, 0) is 45.3 Å². The Bertz CT molecular complexity index is 612. The molecule has 1 saturated heterocycles. The van der Waals surface area contributed by atoms with Gasteiger partial charge in [0.15, 0.2) is 0 Å². The molecule has 0 radical (unpaired) electrons. The van der Waals surface area contributed by atoms with Crippen molar-refractivity contribution in [3.63, 3.8) is 0 Å². The zero-order chi connectivity index (χ0) is 16.6. The van der Waals surface area contributed by atoms with Gasteiger partial charge in [-0.25, -0.2) is 4.79 Å². The summed E-state index contributed by atoms with van der Waals surface area (Å²) in [4.78, 5) is 14.4. The van der Waals surface area contributed by atoms with E-state index >= 15 is 0 Å². The standard InChI is InChI=1S/C19H25NO3/c1-13-5-7-14(8-6-13)15-9-16-11-22-12-17(10-15)20(16)18(21)23-19(2,3)4/h5-9,16-17H,10-12H2,1-4H3. The summed E-state index contributed by atoms with van der Waals surface area (Å²) in [7, 11) is 0. The number of fused-ring (bicyclic) bond motifs is 2. The SMILES string of the molecule is Cc1ccc(C2=CC3COCC(C2)N3C(=O)OC(C)(C)C)cc1. The molecule has 3 rings (SSSR count). The third-order valence-electron chi connectivity index (χ3n) is 4.23. The Hall–Kier alpha value is -1.81. The van der Waals surface area contributed by atoms with Gasteiger partial charge >= 0.3 is 6.09 Å². The van der Waals surface area contributed by atoms with Crippen LogP contribution >= 0.6 is 0 Å². The number of hydrogen-bond acceptors (Lipinski definition) is 3. The van der Waals surface area contributed by atoms with Crippen LogP contribution in [-0.2, 0) is 9.47 Å². The number of nitrogens with zero attached hydrogens (tertiary/aromatic N) is 1. The Balaban J connectivity index is 1.84. The van der Waals surface area contributed by atoms with Crippen molar-refractivity contribution in [2.24, 2.45) is 0 Å².